The second-order valence-corrected chi connectivity index (χ2v) is 3.94. The normalized spacial score (nSPS) is 12.2. The van der Waals surface area contributed by atoms with Crippen LogP contribution in [-0.4, -0.2) is 18.5 Å². The molecule has 0 radical (unpaired) electrons. The molecule has 82 valence electrons. The van der Waals surface area contributed by atoms with Crippen molar-refractivity contribution in [3.8, 4) is 0 Å². The minimum atomic E-state index is -0.135. The molecule has 1 unspecified atom stereocenters. The number of rotatable bonds is 4. The van der Waals surface area contributed by atoms with E-state index in [1.165, 1.54) is 0 Å². The predicted molar refractivity (Wildman–Crippen MR) is 61.8 cm³/mol. The van der Waals surface area contributed by atoms with E-state index in [1.807, 2.05) is 31.2 Å². The predicted octanol–water partition coefficient (Wildman–Crippen LogP) is 1.35. The molecule has 1 aromatic rings. The van der Waals surface area contributed by atoms with Gasteiger partial charge in [-0.25, -0.2) is 0 Å². The summed E-state index contributed by atoms with van der Waals surface area (Å²) in [5.41, 5.74) is 6.31. The number of hydrogen-bond acceptors (Lipinski definition) is 2. The molecule has 0 saturated carbocycles. The summed E-state index contributed by atoms with van der Waals surface area (Å²) in [7, 11) is 0. The number of benzene rings is 1. The van der Waals surface area contributed by atoms with Gasteiger partial charge < -0.3 is 11.1 Å². The minimum Gasteiger partial charge on any atom is -0.352 e. The Morgan fingerprint density at radius 1 is 1.60 bits per heavy atom. The number of hydrogen-bond donors (Lipinski definition) is 2. The molecule has 0 heterocycles. The van der Waals surface area contributed by atoms with Crippen LogP contribution in [0.4, 0.5) is 0 Å². The standard InChI is InChI=1S/C11H15ClN2O/c1-8(14-11(15)7-13)5-9-3-2-4-10(12)6-9/h2-4,6,8H,5,7,13H2,1H3,(H,14,15). The molecule has 0 saturated heterocycles. The van der Waals surface area contributed by atoms with Crippen LogP contribution in [0.3, 0.4) is 0 Å². The topological polar surface area (TPSA) is 55.1 Å². The van der Waals surface area contributed by atoms with Crippen LogP contribution in [0.15, 0.2) is 24.3 Å². The van der Waals surface area contributed by atoms with Gasteiger partial charge in [0.1, 0.15) is 0 Å². The number of nitrogens with two attached hydrogens (primary N) is 1. The Morgan fingerprint density at radius 3 is 2.93 bits per heavy atom. The maximum Gasteiger partial charge on any atom is 0.233 e. The second-order valence-electron chi connectivity index (χ2n) is 3.51. The quantitative estimate of drug-likeness (QED) is 0.814. The smallest absolute Gasteiger partial charge is 0.233 e. The SMILES string of the molecule is CC(Cc1cccc(Cl)c1)NC(=O)CN. The van der Waals surface area contributed by atoms with E-state index in [-0.39, 0.29) is 18.5 Å². The Hall–Kier alpha value is -1.06. The van der Waals surface area contributed by atoms with Crippen molar-refractivity contribution in [2.24, 2.45) is 5.73 Å². The summed E-state index contributed by atoms with van der Waals surface area (Å²) < 4.78 is 0. The summed E-state index contributed by atoms with van der Waals surface area (Å²) in [6, 6.07) is 7.67. The number of carbonyl (C=O) groups excluding carboxylic acids is 1. The van der Waals surface area contributed by atoms with Gasteiger partial charge in [-0.15, -0.1) is 0 Å². The van der Waals surface area contributed by atoms with Crippen LogP contribution in [0.25, 0.3) is 0 Å². The molecule has 0 bridgehead atoms. The third-order valence-electron chi connectivity index (χ3n) is 2.02. The maximum atomic E-state index is 11.0. The molecule has 4 heteroatoms. The van der Waals surface area contributed by atoms with Gasteiger partial charge in [-0.05, 0) is 31.0 Å². The van der Waals surface area contributed by atoms with Crippen LogP contribution >= 0.6 is 11.6 Å². The summed E-state index contributed by atoms with van der Waals surface area (Å²) >= 11 is 5.85. The van der Waals surface area contributed by atoms with Gasteiger partial charge in [0.25, 0.3) is 0 Å². The highest BCUT2D eigenvalue weighted by Gasteiger charge is 2.06. The Kier molecular flexibility index (Phi) is 4.59. The lowest BCUT2D eigenvalue weighted by molar-refractivity contribution is -0.120. The molecular weight excluding hydrogens is 212 g/mol. The van der Waals surface area contributed by atoms with Gasteiger partial charge in [0, 0.05) is 11.1 Å². The molecule has 15 heavy (non-hydrogen) atoms. The molecule has 0 aliphatic heterocycles. The largest absolute Gasteiger partial charge is 0.352 e. The highest BCUT2D eigenvalue weighted by atomic mass is 35.5. The van der Waals surface area contributed by atoms with Crippen LogP contribution in [0.2, 0.25) is 5.02 Å². The fourth-order valence-electron chi connectivity index (χ4n) is 1.40. The molecule has 1 amide bonds. The molecule has 1 aromatic carbocycles. The van der Waals surface area contributed by atoms with Crippen molar-refractivity contribution in [3.63, 3.8) is 0 Å². The molecule has 0 aromatic heterocycles. The van der Waals surface area contributed by atoms with E-state index >= 15 is 0 Å². The van der Waals surface area contributed by atoms with Crippen molar-refractivity contribution < 1.29 is 4.79 Å². The fourth-order valence-corrected chi connectivity index (χ4v) is 1.62. The van der Waals surface area contributed by atoms with E-state index in [0.29, 0.717) is 5.02 Å². The Morgan fingerprint density at radius 2 is 2.33 bits per heavy atom. The Balaban J connectivity index is 2.51. The first-order valence-electron chi connectivity index (χ1n) is 4.85. The van der Waals surface area contributed by atoms with Crippen LogP contribution in [0.5, 0.6) is 0 Å². The first-order valence-corrected chi connectivity index (χ1v) is 5.23. The molecule has 1 rings (SSSR count). The van der Waals surface area contributed by atoms with Gasteiger partial charge >= 0.3 is 0 Å². The zero-order chi connectivity index (χ0) is 11.3. The highest BCUT2D eigenvalue weighted by molar-refractivity contribution is 6.30. The molecule has 1 atom stereocenters. The van der Waals surface area contributed by atoms with Crippen LogP contribution in [0.1, 0.15) is 12.5 Å². The fraction of sp³-hybridized carbons (Fsp3) is 0.364. The van der Waals surface area contributed by atoms with E-state index in [1.54, 1.807) is 0 Å². The number of amides is 1. The average Bonchev–Trinajstić information content (AvgIpc) is 2.17. The number of carbonyl (C=O) groups is 1. The van der Waals surface area contributed by atoms with E-state index in [0.717, 1.165) is 12.0 Å². The zero-order valence-electron chi connectivity index (χ0n) is 8.66. The summed E-state index contributed by atoms with van der Waals surface area (Å²) in [6.45, 7) is 1.97. The summed E-state index contributed by atoms with van der Waals surface area (Å²) in [4.78, 5) is 11.0. The van der Waals surface area contributed by atoms with Gasteiger partial charge in [0.05, 0.1) is 6.54 Å². The van der Waals surface area contributed by atoms with Crippen LogP contribution in [-0.2, 0) is 11.2 Å². The monoisotopic (exact) mass is 226 g/mol. The van der Waals surface area contributed by atoms with Gasteiger partial charge in [-0.2, -0.15) is 0 Å². The van der Waals surface area contributed by atoms with Crippen LogP contribution < -0.4 is 11.1 Å². The van der Waals surface area contributed by atoms with Crippen molar-refractivity contribution in [1.82, 2.24) is 5.32 Å². The summed E-state index contributed by atoms with van der Waals surface area (Å²) in [5.74, 6) is -0.135. The Labute approximate surface area is 94.6 Å². The molecule has 0 spiro atoms. The van der Waals surface area contributed by atoms with Gasteiger partial charge in [0.15, 0.2) is 0 Å². The van der Waals surface area contributed by atoms with E-state index in [9.17, 15) is 4.79 Å². The third-order valence-corrected chi connectivity index (χ3v) is 2.26. The highest BCUT2D eigenvalue weighted by Crippen LogP contribution is 2.12. The third kappa shape index (κ3) is 4.32. The first-order chi connectivity index (χ1) is 7.11. The molecule has 0 aliphatic carbocycles. The van der Waals surface area contributed by atoms with E-state index in [4.69, 9.17) is 17.3 Å². The maximum absolute atomic E-state index is 11.0. The summed E-state index contributed by atoms with van der Waals surface area (Å²) in [5, 5.41) is 3.50. The van der Waals surface area contributed by atoms with E-state index < -0.39 is 0 Å². The van der Waals surface area contributed by atoms with Crippen molar-refractivity contribution in [2.75, 3.05) is 6.54 Å². The van der Waals surface area contributed by atoms with Gasteiger partial charge in [-0.1, -0.05) is 23.7 Å². The average molecular weight is 227 g/mol. The van der Waals surface area contributed by atoms with Crippen molar-refractivity contribution >= 4 is 17.5 Å². The lowest BCUT2D eigenvalue weighted by Crippen LogP contribution is -2.38. The molecule has 0 fully saturated rings. The Bertz CT molecular complexity index is 341. The number of halogens is 1. The molecule has 0 aliphatic rings. The van der Waals surface area contributed by atoms with Gasteiger partial charge in [0.2, 0.25) is 5.91 Å². The lowest BCUT2D eigenvalue weighted by Gasteiger charge is -2.13. The van der Waals surface area contributed by atoms with Gasteiger partial charge in [-0.3, -0.25) is 4.79 Å². The summed E-state index contributed by atoms with van der Waals surface area (Å²) in [6.07, 6.45) is 0.756. The second kappa shape index (κ2) is 5.73. The van der Waals surface area contributed by atoms with Crippen molar-refractivity contribution in [1.29, 1.82) is 0 Å². The molecular formula is C11H15ClN2O. The van der Waals surface area contributed by atoms with Crippen LogP contribution in [0, 0.1) is 0 Å². The first kappa shape index (κ1) is 12.0. The molecule has 3 nitrogen and oxygen atoms in total. The number of nitrogens with one attached hydrogen (secondary N) is 1. The van der Waals surface area contributed by atoms with E-state index in [2.05, 4.69) is 5.32 Å². The van der Waals surface area contributed by atoms with Crippen molar-refractivity contribution in [2.45, 2.75) is 19.4 Å². The zero-order valence-corrected chi connectivity index (χ0v) is 9.42. The molecule has 3 N–H and O–H groups in total. The lowest BCUT2D eigenvalue weighted by atomic mass is 10.1. The van der Waals surface area contributed by atoms with Crippen molar-refractivity contribution in [3.05, 3.63) is 34.9 Å². The minimum absolute atomic E-state index is 0.0277.